The van der Waals surface area contributed by atoms with Crippen LogP contribution in [-0.4, -0.2) is 53.2 Å². The third kappa shape index (κ3) is 3.74. The van der Waals surface area contributed by atoms with Crippen LogP contribution < -0.4 is 0 Å². The van der Waals surface area contributed by atoms with Crippen molar-refractivity contribution >= 4 is 23.4 Å². The van der Waals surface area contributed by atoms with E-state index in [2.05, 4.69) is 0 Å². The third-order valence-corrected chi connectivity index (χ3v) is 11.7. The Morgan fingerprint density at radius 3 is 2.49 bits per heavy atom. The molecule has 2 saturated heterocycles. The lowest BCUT2D eigenvalue weighted by Gasteiger charge is -2.60. The number of carbonyl (C=O) groups excluding carboxylic acids is 3. The molecule has 3 fully saturated rings. The molecular formula is C34H35NO10. The second kappa shape index (κ2) is 9.70. The summed E-state index contributed by atoms with van der Waals surface area (Å²) in [6.45, 7) is 7.54. The van der Waals surface area contributed by atoms with Gasteiger partial charge in [-0.15, -0.1) is 0 Å². The zero-order valence-electron chi connectivity index (χ0n) is 25.6. The molecule has 0 bridgehead atoms. The summed E-state index contributed by atoms with van der Waals surface area (Å²) in [6.07, 6.45) is 2.19. The van der Waals surface area contributed by atoms with Gasteiger partial charge in [-0.1, -0.05) is 25.5 Å². The molecule has 0 radical (unpaired) electrons. The fourth-order valence-corrected chi connectivity index (χ4v) is 9.79. The minimum atomic E-state index is -1.48. The van der Waals surface area contributed by atoms with Gasteiger partial charge in [0.15, 0.2) is 5.78 Å². The highest BCUT2D eigenvalue weighted by molar-refractivity contribution is 6.05. The second-order valence-corrected chi connectivity index (χ2v) is 13.7. The number of carbonyl (C=O) groups is 3. The fourth-order valence-electron chi connectivity index (χ4n) is 9.79. The summed E-state index contributed by atoms with van der Waals surface area (Å²) in [7, 11) is 1.30. The Labute approximate surface area is 259 Å². The van der Waals surface area contributed by atoms with Crippen LogP contribution in [0.5, 0.6) is 0 Å². The summed E-state index contributed by atoms with van der Waals surface area (Å²) in [6, 6.07) is 7.22. The molecule has 3 aliphatic carbocycles. The van der Waals surface area contributed by atoms with Crippen molar-refractivity contribution in [2.75, 3.05) is 7.11 Å². The van der Waals surface area contributed by atoms with E-state index in [4.69, 9.17) is 18.6 Å². The number of ketones is 1. The van der Waals surface area contributed by atoms with E-state index in [-0.39, 0.29) is 35.3 Å². The number of benzene rings is 1. The van der Waals surface area contributed by atoms with Crippen molar-refractivity contribution in [2.24, 2.45) is 28.1 Å². The van der Waals surface area contributed by atoms with E-state index in [0.29, 0.717) is 6.42 Å². The molecule has 45 heavy (non-hydrogen) atoms. The highest BCUT2D eigenvalue weighted by Crippen LogP contribution is 2.73. The lowest BCUT2D eigenvalue weighted by Crippen LogP contribution is -2.67. The highest BCUT2D eigenvalue weighted by Gasteiger charge is 2.78. The molecule has 7 rings (SSSR count). The second-order valence-electron chi connectivity index (χ2n) is 13.7. The molecule has 0 spiro atoms. The molecule has 236 valence electrons. The Bertz CT molecular complexity index is 1690. The molecule has 11 nitrogen and oxygen atoms in total. The summed E-state index contributed by atoms with van der Waals surface area (Å²) in [4.78, 5) is 52.7. The highest BCUT2D eigenvalue weighted by atomic mass is 16.6. The summed E-state index contributed by atoms with van der Waals surface area (Å²) >= 11 is 0. The van der Waals surface area contributed by atoms with Gasteiger partial charge in [-0.2, -0.15) is 0 Å². The van der Waals surface area contributed by atoms with Gasteiger partial charge in [-0.05, 0) is 61.1 Å². The Hall–Kier alpha value is -4.09. The van der Waals surface area contributed by atoms with Gasteiger partial charge < -0.3 is 23.7 Å². The number of Topliss-reactive ketones (excluding diaryl/α,β-unsaturated/α-hetero) is 1. The number of rotatable bonds is 6. The fraction of sp³-hybridized carbons (Fsp3) is 0.500. The SMILES string of the molecule is COC(=O)C[C@H]1[C@]2(C)C3=C(C)[C@H](c4ccoc4)C[C@@H]3O[C@@H]2[C@@H]2OC(=O)[C@]3(C)C=C(C(O)c4ccc([N+](=O)[O-])cc4)C(=O)[C@@]1(C)C23. The van der Waals surface area contributed by atoms with Crippen LogP contribution in [0.3, 0.4) is 0 Å². The van der Waals surface area contributed by atoms with E-state index < -0.39 is 69.0 Å². The van der Waals surface area contributed by atoms with Crippen molar-refractivity contribution in [2.45, 2.75) is 70.9 Å². The number of ether oxygens (including phenoxy) is 3. The van der Waals surface area contributed by atoms with Crippen LogP contribution in [0.25, 0.3) is 0 Å². The zero-order valence-corrected chi connectivity index (χ0v) is 25.6. The van der Waals surface area contributed by atoms with Crippen molar-refractivity contribution in [3.8, 4) is 0 Å². The maximum absolute atomic E-state index is 15.0. The maximum Gasteiger partial charge on any atom is 0.316 e. The number of furan rings is 1. The Kier molecular flexibility index (Phi) is 6.39. The molecule has 5 aliphatic rings. The number of hydrogen-bond donors (Lipinski definition) is 1. The zero-order chi connectivity index (χ0) is 32.2. The van der Waals surface area contributed by atoms with Gasteiger partial charge in [0.05, 0.1) is 42.5 Å². The van der Waals surface area contributed by atoms with Gasteiger partial charge in [-0.25, -0.2) is 0 Å². The standard InChI is InChI=1S/C34H35NO10/c1-16-20(18-10-11-43-15-18)12-22-25(16)33(3)23(13-24(36)42-5)34(4)28-27(30(33)44-22)45-31(39)32(28,2)14-21(29(34)38)26(37)17-6-8-19(9-7-17)35(40)41/h6-11,14-15,20,22-23,26-28,30,37H,12-13H2,1-5H3/t20-,22+,23+,26?,27-,28?,30-,32-,33-,34-/m1/s1. The van der Waals surface area contributed by atoms with Crippen molar-refractivity contribution in [3.05, 3.63) is 86.9 Å². The van der Waals surface area contributed by atoms with Crippen LogP contribution in [-0.2, 0) is 28.6 Å². The number of nitro groups is 1. The largest absolute Gasteiger partial charge is 0.472 e. The van der Waals surface area contributed by atoms with Gasteiger partial charge >= 0.3 is 11.9 Å². The van der Waals surface area contributed by atoms with E-state index >= 15 is 0 Å². The van der Waals surface area contributed by atoms with E-state index in [1.165, 1.54) is 37.5 Å². The van der Waals surface area contributed by atoms with Crippen LogP contribution in [0.2, 0.25) is 0 Å². The molecule has 3 heterocycles. The summed E-state index contributed by atoms with van der Waals surface area (Å²) < 4.78 is 23.5. The molecule has 1 saturated carbocycles. The van der Waals surface area contributed by atoms with Crippen LogP contribution in [0.15, 0.2) is 70.1 Å². The first kappa shape index (κ1) is 29.6. The molecule has 1 aromatic carbocycles. The topological polar surface area (TPSA) is 155 Å². The predicted octanol–water partition coefficient (Wildman–Crippen LogP) is 4.76. The molecule has 0 amide bonds. The van der Waals surface area contributed by atoms with Crippen LogP contribution >= 0.6 is 0 Å². The number of nitro benzene ring substituents is 1. The number of methoxy groups -OCH3 is 1. The summed E-state index contributed by atoms with van der Waals surface area (Å²) in [5.41, 5.74) is -0.419. The normalized spacial score (nSPS) is 38.7. The van der Waals surface area contributed by atoms with Gasteiger partial charge in [-0.3, -0.25) is 24.5 Å². The Morgan fingerprint density at radius 1 is 1.16 bits per heavy atom. The maximum atomic E-state index is 15.0. The van der Waals surface area contributed by atoms with E-state index in [0.717, 1.165) is 16.7 Å². The molecule has 1 aromatic heterocycles. The third-order valence-electron chi connectivity index (χ3n) is 11.7. The van der Waals surface area contributed by atoms with E-state index in [1.807, 2.05) is 19.9 Å². The quantitative estimate of drug-likeness (QED) is 0.208. The molecule has 11 heteroatoms. The monoisotopic (exact) mass is 617 g/mol. The van der Waals surface area contributed by atoms with Crippen LogP contribution in [0, 0.1) is 38.2 Å². The average Bonchev–Trinajstić information content (AvgIpc) is 3.77. The smallest absolute Gasteiger partial charge is 0.316 e. The van der Waals surface area contributed by atoms with Gasteiger partial charge in [0, 0.05) is 40.4 Å². The molecule has 10 atom stereocenters. The van der Waals surface area contributed by atoms with Gasteiger partial charge in [0.1, 0.15) is 18.3 Å². The van der Waals surface area contributed by atoms with Crippen LogP contribution in [0.1, 0.15) is 63.7 Å². The lowest BCUT2D eigenvalue weighted by molar-refractivity contribution is -0.384. The number of fused-ring (bicyclic) bond motifs is 4. The summed E-state index contributed by atoms with van der Waals surface area (Å²) in [5.74, 6) is -2.79. The van der Waals surface area contributed by atoms with Gasteiger partial charge in [0.25, 0.3) is 5.69 Å². The lowest BCUT2D eigenvalue weighted by atomic mass is 9.41. The van der Waals surface area contributed by atoms with E-state index in [1.54, 1.807) is 26.4 Å². The van der Waals surface area contributed by atoms with Crippen LogP contribution in [0.4, 0.5) is 5.69 Å². The minimum Gasteiger partial charge on any atom is -0.472 e. The van der Waals surface area contributed by atoms with Crippen molar-refractivity contribution < 1.29 is 43.0 Å². The van der Waals surface area contributed by atoms with Crippen molar-refractivity contribution in [3.63, 3.8) is 0 Å². The number of aliphatic hydroxyl groups excluding tert-OH is 1. The number of esters is 2. The first-order chi connectivity index (χ1) is 21.3. The molecule has 2 aliphatic heterocycles. The number of aliphatic hydroxyl groups is 1. The average molecular weight is 618 g/mol. The minimum absolute atomic E-state index is 0.0107. The molecular weight excluding hydrogens is 582 g/mol. The number of allylic oxidation sites excluding steroid dienone is 1. The number of nitrogens with zero attached hydrogens (tertiary/aromatic N) is 1. The first-order valence-electron chi connectivity index (χ1n) is 15.1. The first-order valence-corrected chi connectivity index (χ1v) is 15.1. The van der Waals surface area contributed by atoms with E-state index in [9.17, 15) is 29.6 Å². The van der Waals surface area contributed by atoms with Crippen molar-refractivity contribution in [1.82, 2.24) is 0 Å². The Morgan fingerprint density at radius 2 is 1.87 bits per heavy atom. The molecule has 2 aromatic rings. The molecule has 1 N–H and O–H groups in total. The molecule has 2 unspecified atom stereocenters. The van der Waals surface area contributed by atoms with Crippen molar-refractivity contribution in [1.29, 1.82) is 0 Å². The summed E-state index contributed by atoms with van der Waals surface area (Å²) in [5, 5.41) is 22.9. The predicted molar refractivity (Wildman–Crippen MR) is 156 cm³/mol. The number of hydrogen-bond acceptors (Lipinski definition) is 10. The Balaban J connectivity index is 1.41. The number of non-ortho nitro benzene ring substituents is 1. The van der Waals surface area contributed by atoms with Gasteiger partial charge in [0.2, 0.25) is 0 Å².